The van der Waals surface area contributed by atoms with E-state index in [4.69, 9.17) is 27.9 Å². The maximum Gasteiger partial charge on any atom is 0.273 e. The number of carbonyl (C=O) groups is 2. The molecule has 0 spiro atoms. The predicted octanol–water partition coefficient (Wildman–Crippen LogP) is 3.12. The van der Waals surface area contributed by atoms with E-state index < -0.39 is 11.8 Å². The predicted molar refractivity (Wildman–Crippen MR) is 103 cm³/mol. The Bertz CT molecular complexity index is 1050. The number of fused-ring (bicyclic) bond motifs is 1. The zero-order chi connectivity index (χ0) is 19.4. The lowest BCUT2D eigenvalue weighted by Gasteiger charge is -2.09. The second-order valence-electron chi connectivity index (χ2n) is 5.34. The summed E-state index contributed by atoms with van der Waals surface area (Å²) in [4.78, 5) is 28.4. The first kappa shape index (κ1) is 18.8. The number of hydrogen-bond acceptors (Lipinski definition) is 4. The summed E-state index contributed by atoms with van der Waals surface area (Å²) < 4.78 is 6.85. The van der Waals surface area contributed by atoms with Gasteiger partial charge in [-0.25, -0.2) is 4.98 Å². The van der Waals surface area contributed by atoms with Gasteiger partial charge in [-0.3, -0.25) is 24.8 Å². The van der Waals surface area contributed by atoms with Crippen molar-refractivity contribution in [1.82, 2.24) is 20.2 Å². The summed E-state index contributed by atoms with van der Waals surface area (Å²) in [5, 5.41) is 0.632. The number of nitrogens with one attached hydrogen (secondary N) is 2. The number of carbonyl (C=O) groups excluding carboxylic acids is 2. The Labute approximate surface area is 164 Å². The van der Waals surface area contributed by atoms with Crippen molar-refractivity contribution in [1.29, 1.82) is 0 Å². The van der Waals surface area contributed by atoms with Gasteiger partial charge in [0, 0.05) is 17.3 Å². The summed E-state index contributed by atoms with van der Waals surface area (Å²) in [6, 6.07) is 10.0. The molecular weight excluding hydrogens is 391 g/mol. The van der Waals surface area contributed by atoms with E-state index in [0.29, 0.717) is 22.1 Å². The molecule has 0 saturated carbocycles. The lowest BCUT2D eigenvalue weighted by Crippen LogP contribution is -2.40. The quantitative estimate of drug-likeness (QED) is 0.516. The van der Waals surface area contributed by atoms with Crippen molar-refractivity contribution in [2.45, 2.75) is 0 Å². The number of rotatable bonds is 4. The average Bonchev–Trinajstić information content (AvgIpc) is 2.99. The first-order chi connectivity index (χ1) is 13.0. The number of nitrogens with zero attached hydrogens (tertiary/aromatic N) is 2. The van der Waals surface area contributed by atoms with Crippen LogP contribution in [0.4, 0.5) is 0 Å². The highest BCUT2D eigenvalue weighted by Crippen LogP contribution is 2.22. The molecule has 0 bridgehead atoms. The maximum atomic E-state index is 12.2. The zero-order valence-electron chi connectivity index (χ0n) is 14.1. The Morgan fingerprint density at radius 3 is 2.78 bits per heavy atom. The van der Waals surface area contributed by atoms with E-state index in [1.807, 2.05) is 12.1 Å². The summed E-state index contributed by atoms with van der Waals surface area (Å²) in [6.45, 7) is 0. The number of pyridine rings is 1. The van der Waals surface area contributed by atoms with E-state index in [0.717, 1.165) is 0 Å². The molecule has 3 rings (SSSR count). The van der Waals surface area contributed by atoms with Gasteiger partial charge in [0.2, 0.25) is 0 Å². The zero-order valence-corrected chi connectivity index (χ0v) is 15.6. The standard InChI is InChI=1S/C18H14Cl2N4O3/c1-27-14-7-5-11(19)10-12(14)18(26)23-22-16(25)8-6-13-17(20)21-15-4-2-3-9-24(13)15/h2-10H,1H3,(H,22,25)(H,23,26)/b8-6+. The molecule has 0 unspecified atom stereocenters. The molecule has 2 heterocycles. The van der Waals surface area contributed by atoms with Gasteiger partial charge in [0.1, 0.15) is 11.4 Å². The van der Waals surface area contributed by atoms with Crippen LogP contribution in [0.3, 0.4) is 0 Å². The molecule has 0 aliphatic rings. The van der Waals surface area contributed by atoms with Gasteiger partial charge in [-0.2, -0.15) is 0 Å². The van der Waals surface area contributed by atoms with E-state index in [-0.39, 0.29) is 10.7 Å². The summed E-state index contributed by atoms with van der Waals surface area (Å²) >= 11 is 12.0. The molecule has 1 aromatic carbocycles. The van der Waals surface area contributed by atoms with Gasteiger partial charge in [0.25, 0.3) is 11.8 Å². The lowest BCUT2D eigenvalue weighted by atomic mass is 10.2. The van der Waals surface area contributed by atoms with Crippen molar-refractivity contribution in [3.63, 3.8) is 0 Å². The van der Waals surface area contributed by atoms with Crippen molar-refractivity contribution in [2.24, 2.45) is 0 Å². The number of benzene rings is 1. The third kappa shape index (κ3) is 4.21. The lowest BCUT2D eigenvalue weighted by molar-refractivity contribution is -0.117. The topological polar surface area (TPSA) is 84.7 Å². The van der Waals surface area contributed by atoms with Crippen LogP contribution in [0.2, 0.25) is 10.2 Å². The summed E-state index contributed by atoms with van der Waals surface area (Å²) in [6.07, 6.45) is 4.51. The summed E-state index contributed by atoms with van der Waals surface area (Å²) in [5.74, 6) is -0.783. The molecule has 3 aromatic rings. The molecule has 2 aromatic heterocycles. The van der Waals surface area contributed by atoms with Crippen LogP contribution in [0.1, 0.15) is 16.1 Å². The monoisotopic (exact) mass is 404 g/mol. The van der Waals surface area contributed by atoms with E-state index >= 15 is 0 Å². The first-order valence-electron chi connectivity index (χ1n) is 7.74. The van der Waals surface area contributed by atoms with Crippen LogP contribution in [0.5, 0.6) is 5.75 Å². The number of halogens is 2. The third-order valence-corrected chi connectivity index (χ3v) is 4.13. The number of hydrazine groups is 1. The molecular formula is C18H14Cl2N4O3. The molecule has 0 atom stereocenters. The molecule has 7 nitrogen and oxygen atoms in total. The number of hydrogen-bond donors (Lipinski definition) is 2. The summed E-state index contributed by atoms with van der Waals surface area (Å²) in [5.41, 5.74) is 5.98. The van der Waals surface area contributed by atoms with Gasteiger partial charge in [-0.15, -0.1) is 0 Å². The molecule has 0 aliphatic heterocycles. The molecule has 0 saturated heterocycles. The fraction of sp³-hybridized carbons (Fsp3) is 0.0556. The highest BCUT2D eigenvalue weighted by atomic mass is 35.5. The van der Waals surface area contributed by atoms with Crippen molar-refractivity contribution >= 4 is 46.7 Å². The molecule has 0 aliphatic carbocycles. The largest absolute Gasteiger partial charge is 0.496 e. The molecule has 0 fully saturated rings. The SMILES string of the molecule is COc1ccc(Cl)cc1C(=O)NNC(=O)/C=C/c1c(Cl)nc2ccccn12. The fourth-order valence-corrected chi connectivity index (χ4v) is 2.79. The number of methoxy groups -OCH3 is 1. The van der Waals surface area contributed by atoms with E-state index in [9.17, 15) is 9.59 Å². The minimum absolute atomic E-state index is 0.194. The van der Waals surface area contributed by atoms with Gasteiger partial charge in [-0.05, 0) is 36.4 Å². The first-order valence-corrected chi connectivity index (χ1v) is 8.49. The molecule has 9 heteroatoms. The normalized spacial score (nSPS) is 10.9. The Morgan fingerprint density at radius 1 is 1.19 bits per heavy atom. The molecule has 2 N–H and O–H groups in total. The minimum atomic E-state index is -0.566. The van der Waals surface area contributed by atoms with Crippen LogP contribution in [-0.2, 0) is 4.79 Å². The van der Waals surface area contributed by atoms with Crippen LogP contribution < -0.4 is 15.6 Å². The molecule has 138 valence electrons. The highest BCUT2D eigenvalue weighted by Gasteiger charge is 2.13. The smallest absolute Gasteiger partial charge is 0.273 e. The number of amides is 2. The fourth-order valence-electron chi connectivity index (χ4n) is 2.37. The Balaban J connectivity index is 1.68. The van der Waals surface area contributed by atoms with Crippen LogP contribution in [0, 0.1) is 0 Å². The van der Waals surface area contributed by atoms with E-state index in [2.05, 4.69) is 15.8 Å². The Hall–Kier alpha value is -3.03. The molecule has 2 amide bonds. The van der Waals surface area contributed by atoms with Gasteiger partial charge in [0.15, 0.2) is 5.15 Å². The average molecular weight is 405 g/mol. The van der Waals surface area contributed by atoms with Crippen molar-refractivity contribution in [3.05, 3.63) is 70.1 Å². The van der Waals surface area contributed by atoms with Gasteiger partial charge in [-0.1, -0.05) is 29.3 Å². The number of ether oxygens (including phenoxy) is 1. The van der Waals surface area contributed by atoms with E-state index in [1.54, 1.807) is 28.8 Å². The maximum absolute atomic E-state index is 12.2. The van der Waals surface area contributed by atoms with Crippen LogP contribution in [0.25, 0.3) is 11.7 Å². The number of imidazole rings is 1. The van der Waals surface area contributed by atoms with Crippen LogP contribution in [-0.4, -0.2) is 28.3 Å². The van der Waals surface area contributed by atoms with Crippen molar-refractivity contribution in [3.8, 4) is 5.75 Å². The second-order valence-corrected chi connectivity index (χ2v) is 6.13. The van der Waals surface area contributed by atoms with Gasteiger partial charge < -0.3 is 4.74 Å². The highest BCUT2D eigenvalue weighted by molar-refractivity contribution is 6.31. The van der Waals surface area contributed by atoms with E-state index in [1.165, 1.54) is 25.3 Å². The van der Waals surface area contributed by atoms with Crippen molar-refractivity contribution < 1.29 is 14.3 Å². The van der Waals surface area contributed by atoms with Crippen LogP contribution >= 0.6 is 23.2 Å². The second kappa shape index (κ2) is 8.11. The van der Waals surface area contributed by atoms with Gasteiger partial charge in [0.05, 0.1) is 18.4 Å². The third-order valence-electron chi connectivity index (χ3n) is 3.62. The van der Waals surface area contributed by atoms with Crippen LogP contribution in [0.15, 0.2) is 48.7 Å². The van der Waals surface area contributed by atoms with Crippen molar-refractivity contribution in [2.75, 3.05) is 7.11 Å². The van der Waals surface area contributed by atoms with Gasteiger partial charge >= 0.3 is 0 Å². The Kier molecular flexibility index (Phi) is 5.63. The summed E-state index contributed by atoms with van der Waals surface area (Å²) in [7, 11) is 1.43. The Morgan fingerprint density at radius 2 is 2.00 bits per heavy atom. The minimum Gasteiger partial charge on any atom is -0.496 e. The number of aromatic nitrogens is 2. The molecule has 0 radical (unpaired) electrons. The molecule has 27 heavy (non-hydrogen) atoms.